The van der Waals surface area contributed by atoms with Crippen LogP contribution in [-0.2, 0) is 6.54 Å². The number of nitrogens with one attached hydrogen (secondary N) is 1. The van der Waals surface area contributed by atoms with Crippen LogP contribution in [0.5, 0.6) is 0 Å². The van der Waals surface area contributed by atoms with Gasteiger partial charge in [-0.05, 0) is 45.9 Å². The van der Waals surface area contributed by atoms with E-state index >= 15 is 0 Å². The zero-order valence-electron chi connectivity index (χ0n) is 9.41. The highest BCUT2D eigenvalue weighted by Gasteiger charge is 2.07. The molecule has 0 bridgehead atoms. The van der Waals surface area contributed by atoms with Crippen molar-refractivity contribution in [1.82, 2.24) is 0 Å². The molecule has 1 N–H and O–H groups in total. The molecule has 0 aliphatic heterocycles. The lowest BCUT2D eigenvalue weighted by Crippen LogP contribution is -2.01. The average molecular weight is 331 g/mol. The van der Waals surface area contributed by atoms with Gasteiger partial charge in [0.05, 0.1) is 11.9 Å². The summed E-state index contributed by atoms with van der Waals surface area (Å²) in [5.74, 6) is 0. The van der Waals surface area contributed by atoms with E-state index in [2.05, 4.69) is 44.8 Å². The fourth-order valence-corrected chi connectivity index (χ4v) is 3.25. The van der Waals surface area contributed by atoms with Crippen molar-refractivity contribution in [2.75, 3.05) is 5.32 Å². The maximum Gasteiger partial charge on any atom is 0.0577 e. The maximum atomic E-state index is 6.15. The van der Waals surface area contributed by atoms with Crippen molar-refractivity contribution in [1.29, 1.82) is 0 Å². The molecule has 1 nitrogen and oxygen atoms in total. The summed E-state index contributed by atoms with van der Waals surface area (Å²) in [5.41, 5.74) is 2.25. The molecule has 1 unspecified atom stereocenters. The van der Waals surface area contributed by atoms with Gasteiger partial charge in [-0.3, -0.25) is 0 Å². The van der Waals surface area contributed by atoms with E-state index in [0.29, 0.717) is 0 Å². The molecule has 0 saturated carbocycles. The average Bonchev–Trinajstić information content (AvgIpc) is 2.72. The first-order valence-corrected chi connectivity index (χ1v) is 7.48. The van der Waals surface area contributed by atoms with Crippen LogP contribution in [0.1, 0.15) is 22.7 Å². The molecule has 1 atom stereocenters. The van der Waals surface area contributed by atoms with Gasteiger partial charge >= 0.3 is 0 Å². The Morgan fingerprint density at radius 1 is 1.35 bits per heavy atom. The van der Waals surface area contributed by atoms with Gasteiger partial charge in [-0.2, -0.15) is 0 Å². The molecule has 0 amide bonds. The van der Waals surface area contributed by atoms with Gasteiger partial charge < -0.3 is 5.32 Å². The molecule has 0 spiro atoms. The molecule has 2 rings (SSSR count). The zero-order chi connectivity index (χ0) is 12.3. The number of thiophene rings is 1. The van der Waals surface area contributed by atoms with Gasteiger partial charge in [0.1, 0.15) is 0 Å². The van der Waals surface area contributed by atoms with Crippen molar-refractivity contribution in [3.63, 3.8) is 0 Å². The van der Waals surface area contributed by atoms with E-state index in [1.54, 1.807) is 11.3 Å². The van der Waals surface area contributed by atoms with Crippen molar-refractivity contribution >= 4 is 44.6 Å². The molecule has 90 valence electrons. The van der Waals surface area contributed by atoms with Crippen LogP contribution in [0.4, 0.5) is 5.69 Å². The lowest BCUT2D eigenvalue weighted by atomic mass is 10.1. The molecule has 1 heterocycles. The molecular formula is C13H13BrClNS. The highest BCUT2D eigenvalue weighted by molar-refractivity contribution is 9.10. The van der Waals surface area contributed by atoms with Crippen LogP contribution >= 0.6 is 38.9 Å². The molecule has 17 heavy (non-hydrogen) atoms. The van der Waals surface area contributed by atoms with Gasteiger partial charge in [-0.1, -0.05) is 18.2 Å². The smallest absolute Gasteiger partial charge is 0.0577 e. The largest absolute Gasteiger partial charge is 0.380 e. The number of hydrogen-bond acceptors (Lipinski definition) is 2. The van der Waals surface area contributed by atoms with Gasteiger partial charge in [0, 0.05) is 15.0 Å². The molecule has 0 radical (unpaired) electrons. The summed E-state index contributed by atoms with van der Waals surface area (Å²) in [4.78, 5) is 1.29. The molecule has 4 heteroatoms. The normalized spacial score (nSPS) is 12.4. The number of hydrogen-bond donors (Lipinski definition) is 1. The Morgan fingerprint density at radius 2 is 2.12 bits per heavy atom. The van der Waals surface area contributed by atoms with Gasteiger partial charge in [0.25, 0.3) is 0 Å². The lowest BCUT2D eigenvalue weighted by Gasteiger charge is -2.13. The molecule has 0 aliphatic rings. The van der Waals surface area contributed by atoms with Crippen LogP contribution in [0.25, 0.3) is 0 Å². The topological polar surface area (TPSA) is 12.0 Å². The highest BCUT2D eigenvalue weighted by Crippen LogP contribution is 2.29. The first-order valence-electron chi connectivity index (χ1n) is 5.37. The van der Waals surface area contributed by atoms with Gasteiger partial charge in [0.2, 0.25) is 0 Å². The summed E-state index contributed by atoms with van der Waals surface area (Å²) in [5, 5.41) is 5.53. The molecule has 1 aromatic heterocycles. The Hall–Kier alpha value is -0.510. The second kappa shape index (κ2) is 5.89. The van der Waals surface area contributed by atoms with E-state index in [1.807, 2.05) is 19.1 Å². The molecule has 0 saturated heterocycles. The third kappa shape index (κ3) is 3.24. The fraction of sp³-hybridized carbons (Fsp3) is 0.231. The highest BCUT2D eigenvalue weighted by atomic mass is 79.9. The van der Waals surface area contributed by atoms with Crippen molar-refractivity contribution in [2.24, 2.45) is 0 Å². The van der Waals surface area contributed by atoms with Crippen LogP contribution in [-0.4, -0.2) is 0 Å². The number of alkyl halides is 1. The van der Waals surface area contributed by atoms with Crippen LogP contribution < -0.4 is 5.32 Å². The number of anilines is 1. The monoisotopic (exact) mass is 329 g/mol. The summed E-state index contributed by atoms with van der Waals surface area (Å²) in [7, 11) is 0. The van der Waals surface area contributed by atoms with Crippen molar-refractivity contribution in [3.8, 4) is 0 Å². The maximum absolute atomic E-state index is 6.15. The van der Waals surface area contributed by atoms with Crippen LogP contribution in [0.15, 0.2) is 40.2 Å². The van der Waals surface area contributed by atoms with Crippen LogP contribution in [0, 0.1) is 0 Å². The third-order valence-corrected chi connectivity index (χ3v) is 4.68. The van der Waals surface area contributed by atoms with Crippen molar-refractivity contribution in [2.45, 2.75) is 18.8 Å². The standard InChI is InChI=1S/C13H13BrClNS/c1-9(15)10-4-2-3-5-12(10)16-8-13-11(14)6-7-17-13/h2-7,9,16H,8H2,1H3. The summed E-state index contributed by atoms with van der Waals surface area (Å²) in [6.45, 7) is 2.81. The Labute approximate surface area is 119 Å². The number of rotatable bonds is 4. The summed E-state index contributed by atoms with van der Waals surface area (Å²) >= 11 is 11.4. The Kier molecular flexibility index (Phi) is 4.48. The number of benzene rings is 1. The second-order valence-electron chi connectivity index (χ2n) is 3.75. The second-order valence-corrected chi connectivity index (χ2v) is 6.26. The molecule has 0 fully saturated rings. The third-order valence-electron chi connectivity index (χ3n) is 2.52. The molecule has 1 aromatic carbocycles. The molecule has 0 aliphatic carbocycles. The van der Waals surface area contributed by atoms with E-state index < -0.39 is 0 Å². The first kappa shape index (κ1) is 12.9. The summed E-state index contributed by atoms with van der Waals surface area (Å²) in [6.07, 6.45) is 0. The van der Waals surface area contributed by atoms with E-state index in [0.717, 1.165) is 22.3 Å². The van der Waals surface area contributed by atoms with E-state index in [1.165, 1.54) is 4.88 Å². The SMILES string of the molecule is CC(Cl)c1ccccc1NCc1sccc1Br. The van der Waals surface area contributed by atoms with Crippen LogP contribution in [0.2, 0.25) is 0 Å². The summed E-state index contributed by atoms with van der Waals surface area (Å²) in [6, 6.07) is 10.2. The van der Waals surface area contributed by atoms with E-state index in [-0.39, 0.29) is 5.38 Å². The number of para-hydroxylation sites is 1. The van der Waals surface area contributed by atoms with Gasteiger partial charge in [-0.15, -0.1) is 22.9 Å². The lowest BCUT2D eigenvalue weighted by molar-refractivity contribution is 1.06. The fourth-order valence-electron chi connectivity index (χ4n) is 1.63. The van der Waals surface area contributed by atoms with E-state index in [9.17, 15) is 0 Å². The molecule has 2 aromatic rings. The van der Waals surface area contributed by atoms with Gasteiger partial charge in [0.15, 0.2) is 0 Å². The predicted octanol–water partition coefficient (Wildman–Crippen LogP) is 5.42. The number of halogens is 2. The minimum Gasteiger partial charge on any atom is -0.380 e. The Bertz CT molecular complexity index is 496. The van der Waals surface area contributed by atoms with Crippen LogP contribution in [0.3, 0.4) is 0 Å². The van der Waals surface area contributed by atoms with Crippen molar-refractivity contribution < 1.29 is 0 Å². The molecular weight excluding hydrogens is 318 g/mol. The van der Waals surface area contributed by atoms with Gasteiger partial charge in [-0.25, -0.2) is 0 Å². The summed E-state index contributed by atoms with van der Waals surface area (Å²) < 4.78 is 1.16. The minimum absolute atomic E-state index is 0.0190. The minimum atomic E-state index is 0.0190. The Balaban J connectivity index is 2.11. The van der Waals surface area contributed by atoms with E-state index in [4.69, 9.17) is 11.6 Å². The predicted molar refractivity (Wildman–Crippen MR) is 80.1 cm³/mol. The quantitative estimate of drug-likeness (QED) is 0.738. The zero-order valence-corrected chi connectivity index (χ0v) is 12.6. The first-order chi connectivity index (χ1) is 8.18. The van der Waals surface area contributed by atoms with Crippen molar-refractivity contribution in [3.05, 3.63) is 50.6 Å². The Morgan fingerprint density at radius 3 is 2.76 bits per heavy atom.